The number of nitrogens with zero attached hydrogens (tertiary/aromatic N) is 4. The minimum absolute atomic E-state index is 0.0662. The van der Waals surface area contributed by atoms with Gasteiger partial charge in [-0.2, -0.15) is 0 Å². The third-order valence-corrected chi connectivity index (χ3v) is 5.23. The molecule has 32 heavy (non-hydrogen) atoms. The molecule has 0 aliphatic heterocycles. The highest BCUT2D eigenvalue weighted by Gasteiger charge is 2.13. The van der Waals surface area contributed by atoms with Gasteiger partial charge in [0.05, 0.1) is 11.9 Å². The Kier molecular flexibility index (Phi) is 6.17. The van der Waals surface area contributed by atoms with E-state index in [2.05, 4.69) is 46.8 Å². The van der Waals surface area contributed by atoms with E-state index >= 15 is 0 Å². The largest absolute Gasteiger partial charge is 0.300 e. The second-order valence-corrected chi connectivity index (χ2v) is 7.51. The number of hydrogen-bond donors (Lipinski definition) is 0. The van der Waals surface area contributed by atoms with E-state index in [0.717, 1.165) is 28.0 Å². The summed E-state index contributed by atoms with van der Waals surface area (Å²) >= 11 is 0. The summed E-state index contributed by atoms with van der Waals surface area (Å²) in [6.07, 6.45) is 5.79. The molecule has 0 saturated heterocycles. The molecule has 4 aromatic rings. The van der Waals surface area contributed by atoms with Crippen molar-refractivity contribution in [2.24, 2.45) is 9.98 Å². The number of aryl methyl sites for hydroxylation is 1. The van der Waals surface area contributed by atoms with E-state index < -0.39 is 0 Å². The van der Waals surface area contributed by atoms with Crippen LogP contribution in [0.25, 0.3) is 16.9 Å². The Labute approximate surface area is 187 Å². The number of aromatic nitrogens is 2. The quantitative estimate of drug-likeness (QED) is 0.236. The molecule has 0 aliphatic rings. The minimum Gasteiger partial charge on any atom is -0.300 e. The molecule has 5 heteroatoms. The van der Waals surface area contributed by atoms with Crippen molar-refractivity contribution in [1.29, 1.82) is 0 Å². The molecule has 2 aromatic carbocycles. The number of benzene rings is 2. The van der Waals surface area contributed by atoms with E-state index in [9.17, 15) is 4.79 Å². The van der Waals surface area contributed by atoms with Crippen molar-refractivity contribution in [3.8, 4) is 11.3 Å². The number of hydrogen-bond acceptors (Lipinski definition) is 3. The van der Waals surface area contributed by atoms with Crippen LogP contribution in [0.3, 0.4) is 0 Å². The van der Waals surface area contributed by atoms with Gasteiger partial charge in [0.15, 0.2) is 11.6 Å². The first kappa shape index (κ1) is 21.1. The highest BCUT2D eigenvalue weighted by molar-refractivity contribution is 6.06. The third kappa shape index (κ3) is 4.47. The van der Waals surface area contributed by atoms with Crippen molar-refractivity contribution < 1.29 is 4.79 Å². The molecular formula is C27H24N4O. The average molecular weight is 421 g/mol. The van der Waals surface area contributed by atoms with Gasteiger partial charge >= 0.3 is 0 Å². The van der Waals surface area contributed by atoms with E-state index in [4.69, 9.17) is 0 Å². The van der Waals surface area contributed by atoms with Crippen LogP contribution in [0.15, 0.2) is 101 Å². The fourth-order valence-electron chi connectivity index (χ4n) is 3.60. The lowest BCUT2D eigenvalue weighted by atomic mass is 10.1. The monoisotopic (exact) mass is 420 g/mol. The first-order valence-corrected chi connectivity index (χ1v) is 10.4. The summed E-state index contributed by atoms with van der Waals surface area (Å²) < 4.78 is 2.02. The van der Waals surface area contributed by atoms with Crippen molar-refractivity contribution in [2.75, 3.05) is 0 Å². The van der Waals surface area contributed by atoms with Gasteiger partial charge in [-0.15, -0.1) is 0 Å². The van der Waals surface area contributed by atoms with Crippen LogP contribution in [0, 0.1) is 6.92 Å². The van der Waals surface area contributed by atoms with Gasteiger partial charge in [-0.05, 0) is 44.3 Å². The summed E-state index contributed by atoms with van der Waals surface area (Å²) in [6, 6.07) is 21.8. The lowest BCUT2D eigenvalue weighted by molar-refractivity contribution is -0.115. The van der Waals surface area contributed by atoms with Crippen molar-refractivity contribution >= 4 is 24.0 Å². The Bertz CT molecular complexity index is 1350. The average Bonchev–Trinajstić information content (AvgIpc) is 3.24. The molecule has 4 rings (SSSR count). The van der Waals surface area contributed by atoms with Gasteiger partial charge < -0.3 is 0 Å². The summed E-state index contributed by atoms with van der Waals surface area (Å²) in [7, 11) is 0. The van der Waals surface area contributed by atoms with Crippen LogP contribution in [0.5, 0.6) is 0 Å². The maximum Gasteiger partial charge on any atom is 0.185 e. The van der Waals surface area contributed by atoms with Gasteiger partial charge in [-0.3, -0.25) is 9.20 Å². The number of aliphatic imine (C=N–C) groups is 2. The van der Waals surface area contributed by atoms with Gasteiger partial charge in [0.2, 0.25) is 0 Å². The molecule has 0 amide bonds. The number of carbonyl (C=O) groups excluding carboxylic acids is 1. The second-order valence-electron chi connectivity index (χ2n) is 7.51. The molecule has 0 bridgehead atoms. The number of ketones is 1. The van der Waals surface area contributed by atoms with Gasteiger partial charge in [0.25, 0.3) is 0 Å². The zero-order valence-corrected chi connectivity index (χ0v) is 18.2. The predicted molar refractivity (Wildman–Crippen MR) is 130 cm³/mol. The van der Waals surface area contributed by atoms with Crippen LogP contribution < -0.4 is 0 Å². The molecule has 0 saturated carbocycles. The lowest BCUT2D eigenvalue weighted by Crippen LogP contribution is -2.08. The van der Waals surface area contributed by atoms with Gasteiger partial charge in [0, 0.05) is 23.7 Å². The Morgan fingerprint density at radius 2 is 1.91 bits per heavy atom. The maximum atomic E-state index is 12.8. The number of carbonyl (C=O) groups is 1. The molecule has 0 unspecified atom stereocenters. The van der Waals surface area contributed by atoms with Crippen molar-refractivity contribution in [3.05, 3.63) is 108 Å². The van der Waals surface area contributed by atoms with Crippen LogP contribution in [-0.4, -0.2) is 27.7 Å². The number of pyridine rings is 1. The highest BCUT2D eigenvalue weighted by atomic mass is 16.1. The van der Waals surface area contributed by atoms with Crippen LogP contribution >= 0.6 is 0 Å². The summed E-state index contributed by atoms with van der Waals surface area (Å²) in [6.45, 7) is 7.53. The summed E-state index contributed by atoms with van der Waals surface area (Å²) in [4.78, 5) is 25.9. The van der Waals surface area contributed by atoms with E-state index in [1.165, 1.54) is 5.56 Å². The first-order chi connectivity index (χ1) is 15.6. The highest BCUT2D eigenvalue weighted by Crippen LogP contribution is 2.23. The zero-order valence-electron chi connectivity index (χ0n) is 18.2. The Hall–Kier alpha value is -4.12. The molecule has 0 fully saturated rings. The van der Waals surface area contributed by atoms with Gasteiger partial charge in [-0.1, -0.05) is 60.2 Å². The van der Waals surface area contributed by atoms with Gasteiger partial charge in [0.1, 0.15) is 11.3 Å². The molecule has 5 nitrogen and oxygen atoms in total. The molecule has 158 valence electrons. The molecule has 2 aromatic heterocycles. The summed E-state index contributed by atoms with van der Waals surface area (Å²) in [5.74, 6) is 0.325. The number of Topliss-reactive ketones (excluding diaryl/α,β-unsaturated/α-hetero) is 1. The summed E-state index contributed by atoms with van der Waals surface area (Å²) in [5.41, 5.74) is 6.13. The molecule has 0 spiro atoms. The first-order valence-electron chi connectivity index (χ1n) is 10.4. The fourth-order valence-corrected chi connectivity index (χ4v) is 3.60. The lowest BCUT2D eigenvalue weighted by Gasteiger charge is -2.07. The van der Waals surface area contributed by atoms with Crippen LogP contribution in [-0.2, 0) is 11.2 Å². The molecule has 0 aliphatic carbocycles. The third-order valence-electron chi connectivity index (χ3n) is 5.23. The minimum atomic E-state index is -0.0662. The van der Waals surface area contributed by atoms with Crippen LogP contribution in [0.4, 0.5) is 0 Å². The van der Waals surface area contributed by atoms with Crippen LogP contribution in [0.1, 0.15) is 23.6 Å². The summed E-state index contributed by atoms with van der Waals surface area (Å²) in [5, 5.41) is 0. The number of imidazole rings is 1. The topological polar surface area (TPSA) is 59.1 Å². The maximum absolute atomic E-state index is 12.8. The molecule has 0 atom stereocenters. The zero-order chi connectivity index (χ0) is 22.5. The van der Waals surface area contributed by atoms with Crippen molar-refractivity contribution in [2.45, 2.75) is 20.3 Å². The predicted octanol–water partition coefficient (Wildman–Crippen LogP) is 5.47. The van der Waals surface area contributed by atoms with E-state index in [1.54, 1.807) is 13.0 Å². The smallest absolute Gasteiger partial charge is 0.185 e. The number of fused-ring (bicyclic) bond motifs is 1. The number of allylic oxidation sites excluding steroid dienone is 2. The molecule has 0 radical (unpaired) electrons. The Morgan fingerprint density at radius 1 is 1.09 bits per heavy atom. The second kappa shape index (κ2) is 9.35. The van der Waals surface area contributed by atoms with Crippen molar-refractivity contribution in [3.63, 3.8) is 0 Å². The fraction of sp³-hybridized carbons (Fsp3) is 0.111. The molecule has 2 heterocycles. The SMILES string of the molecule is C=NC(=N/C(=C\C)C(=O)Cc1ccccc1)c1ccn2c(-c3cccc(C)c3)cnc2c1. The van der Waals surface area contributed by atoms with Gasteiger partial charge in [-0.25, -0.2) is 15.0 Å². The van der Waals surface area contributed by atoms with Crippen molar-refractivity contribution in [1.82, 2.24) is 9.38 Å². The number of amidine groups is 1. The Morgan fingerprint density at radius 3 is 2.62 bits per heavy atom. The molecular weight excluding hydrogens is 396 g/mol. The molecule has 0 N–H and O–H groups in total. The standard InChI is InChI=1S/C27H24N4O/c1-4-23(25(32)16-20-10-6-5-7-11-20)30-27(28-3)22-13-14-31-24(18-29-26(31)17-22)21-12-8-9-19(2)15-21/h4-15,17-18H,3,16H2,1-2H3/b23-4-,30-27?. The van der Waals surface area contributed by atoms with E-state index in [0.29, 0.717) is 11.5 Å². The van der Waals surface area contributed by atoms with Crippen LogP contribution in [0.2, 0.25) is 0 Å². The van der Waals surface area contributed by atoms with E-state index in [-0.39, 0.29) is 12.2 Å². The Balaban J connectivity index is 1.64. The number of rotatable bonds is 6. The normalized spacial score (nSPS) is 12.2. The van der Waals surface area contributed by atoms with E-state index in [1.807, 2.05) is 65.3 Å².